The normalized spacial score (nSPS) is 19.1. The molecule has 2 spiro atoms. The van der Waals surface area contributed by atoms with Crippen molar-refractivity contribution in [3.05, 3.63) is 108 Å². The number of nitrogens with two attached hydrogens (primary N) is 1. The van der Waals surface area contributed by atoms with E-state index in [1.807, 2.05) is 73.8 Å². The quantitative estimate of drug-likeness (QED) is 0.276. The SMILES string of the molecule is CN1CCC(=O)CC1.CN1CCC2(CC1)NCC(=O)N2Cc1ccccc1.CN1CCC2(CC1)NCC(=O)N2Cc1ccccc1.Cl.Cl.Cl.NCC(=O)NCc1ccccc1.O. The second-order valence-corrected chi connectivity index (χ2v) is 16.1. The standard InChI is InChI=1S/2C15H21N3O.C9H12N2O.C6H11NO.3ClH.H2O/c2*1-17-9-7-15(8-10-17)16-11-14(19)18(15)12-13-5-3-2-4-6-13;10-6-9(12)11-7-8-4-2-1-3-5-8;1-7-4-2-6(8)3-5-7;;;;/h2*2-6,16H,7-12H2,1H3;1-5H,6-7,10H2,(H,11,12);2-5H2,1H3;3*1H;1H2. The molecule has 0 unspecified atom stereocenters. The van der Waals surface area contributed by atoms with Crippen LogP contribution in [0.1, 0.15) is 55.2 Å². The first kappa shape index (κ1) is 56.3. The highest BCUT2D eigenvalue weighted by Crippen LogP contribution is 2.32. The van der Waals surface area contributed by atoms with Gasteiger partial charge in [-0.15, -0.1) is 37.2 Å². The molecule has 17 heteroatoms. The number of nitrogens with one attached hydrogen (secondary N) is 3. The molecule has 0 saturated carbocycles. The van der Waals surface area contributed by atoms with Crippen LogP contribution in [0.2, 0.25) is 0 Å². The number of hydrogen-bond donors (Lipinski definition) is 4. The first-order chi connectivity index (χ1) is 28.0. The fourth-order valence-electron chi connectivity index (χ4n) is 7.96. The lowest BCUT2D eigenvalue weighted by molar-refractivity contribution is -0.133. The predicted molar refractivity (Wildman–Crippen MR) is 253 cm³/mol. The number of rotatable bonds is 7. The van der Waals surface area contributed by atoms with Crippen molar-refractivity contribution < 1.29 is 24.7 Å². The molecular formula is C45H70Cl3N9O5. The summed E-state index contributed by atoms with van der Waals surface area (Å²) in [6.45, 7) is 9.11. The van der Waals surface area contributed by atoms with Crippen molar-refractivity contribution in [2.75, 3.05) is 80.0 Å². The van der Waals surface area contributed by atoms with Gasteiger partial charge in [0.1, 0.15) is 5.78 Å². The number of Topliss-reactive ketones (excluding diaryl/α,β-unsaturated/α-hetero) is 1. The van der Waals surface area contributed by atoms with Gasteiger partial charge in [-0.05, 0) is 63.5 Å². The molecule has 0 bridgehead atoms. The molecule has 5 aliphatic heterocycles. The van der Waals surface area contributed by atoms with Crippen LogP contribution in [0.15, 0.2) is 91.0 Å². The van der Waals surface area contributed by atoms with Gasteiger partial charge in [-0.3, -0.25) is 29.8 Å². The molecule has 3 aromatic rings. The number of likely N-dealkylation sites (tertiary alicyclic amines) is 3. The molecule has 346 valence electrons. The number of carbonyl (C=O) groups excluding carboxylic acids is 4. The maximum Gasteiger partial charge on any atom is 0.238 e. The minimum Gasteiger partial charge on any atom is -0.412 e. The van der Waals surface area contributed by atoms with E-state index >= 15 is 0 Å². The minimum atomic E-state index is -0.126. The third kappa shape index (κ3) is 16.8. The van der Waals surface area contributed by atoms with E-state index in [0.717, 1.165) is 96.4 Å². The number of piperidine rings is 3. The fourth-order valence-corrected chi connectivity index (χ4v) is 7.96. The summed E-state index contributed by atoms with van der Waals surface area (Å²) in [6.07, 6.45) is 5.58. The molecule has 3 aromatic carbocycles. The van der Waals surface area contributed by atoms with Crippen molar-refractivity contribution in [1.29, 1.82) is 0 Å². The summed E-state index contributed by atoms with van der Waals surface area (Å²) in [5.41, 5.74) is 8.40. The molecule has 8 rings (SSSR count). The smallest absolute Gasteiger partial charge is 0.238 e. The highest BCUT2D eigenvalue weighted by atomic mass is 35.5. The molecule has 5 heterocycles. The van der Waals surface area contributed by atoms with Crippen LogP contribution in [-0.4, -0.2) is 145 Å². The van der Waals surface area contributed by atoms with Gasteiger partial charge in [0.15, 0.2) is 0 Å². The summed E-state index contributed by atoms with van der Waals surface area (Å²) in [5, 5.41) is 9.61. The highest BCUT2D eigenvalue weighted by Gasteiger charge is 2.47. The van der Waals surface area contributed by atoms with Crippen molar-refractivity contribution in [2.24, 2.45) is 5.73 Å². The topological polar surface area (TPSA) is 178 Å². The number of halogens is 3. The van der Waals surface area contributed by atoms with Crippen molar-refractivity contribution >= 4 is 60.7 Å². The molecule has 3 amide bonds. The van der Waals surface area contributed by atoms with Gasteiger partial charge in [0, 0.05) is 71.7 Å². The minimum absolute atomic E-state index is 0. The zero-order valence-corrected chi connectivity index (χ0v) is 39.0. The zero-order chi connectivity index (χ0) is 41.4. The van der Waals surface area contributed by atoms with Gasteiger partial charge in [0.05, 0.1) is 31.0 Å². The average molecular weight is 923 g/mol. The molecule has 14 nitrogen and oxygen atoms in total. The summed E-state index contributed by atoms with van der Waals surface area (Å²) in [7, 11) is 6.34. The lowest BCUT2D eigenvalue weighted by Crippen LogP contribution is -2.57. The summed E-state index contributed by atoms with van der Waals surface area (Å²) < 4.78 is 0. The molecule has 0 atom stereocenters. The average Bonchev–Trinajstić information content (AvgIpc) is 3.72. The van der Waals surface area contributed by atoms with E-state index in [4.69, 9.17) is 5.73 Å². The van der Waals surface area contributed by atoms with E-state index in [-0.39, 0.29) is 78.3 Å². The molecule has 7 N–H and O–H groups in total. The molecule has 62 heavy (non-hydrogen) atoms. The van der Waals surface area contributed by atoms with Gasteiger partial charge in [0.25, 0.3) is 0 Å². The number of nitrogens with zero attached hydrogens (tertiary/aromatic N) is 5. The van der Waals surface area contributed by atoms with Gasteiger partial charge >= 0.3 is 0 Å². The molecule has 5 aliphatic rings. The fraction of sp³-hybridized carbons (Fsp3) is 0.511. The van der Waals surface area contributed by atoms with Gasteiger partial charge < -0.3 is 41.0 Å². The van der Waals surface area contributed by atoms with Crippen LogP contribution in [0.3, 0.4) is 0 Å². The lowest BCUT2D eigenvalue weighted by atomic mass is 9.96. The molecule has 5 fully saturated rings. The molecule has 5 saturated heterocycles. The van der Waals surface area contributed by atoms with Crippen LogP contribution in [0, 0.1) is 0 Å². The summed E-state index contributed by atoms with van der Waals surface area (Å²) in [6, 6.07) is 30.2. The first-order valence-electron chi connectivity index (χ1n) is 20.8. The second kappa shape index (κ2) is 28.2. The summed E-state index contributed by atoms with van der Waals surface area (Å²) in [5.74, 6) is 0.753. The Balaban J connectivity index is 0.000000423. The molecule has 0 radical (unpaired) electrons. The third-order valence-electron chi connectivity index (χ3n) is 11.8. The summed E-state index contributed by atoms with van der Waals surface area (Å²) >= 11 is 0. The van der Waals surface area contributed by atoms with E-state index in [1.165, 1.54) is 11.1 Å². The highest BCUT2D eigenvalue weighted by molar-refractivity contribution is 5.86. The Hall–Kier alpha value is -3.67. The molecule has 0 aliphatic carbocycles. The lowest BCUT2D eigenvalue weighted by Gasteiger charge is -2.43. The number of hydrogen-bond acceptors (Lipinski definition) is 10. The largest absolute Gasteiger partial charge is 0.412 e. The first-order valence-corrected chi connectivity index (χ1v) is 20.8. The number of carbonyl (C=O) groups is 4. The van der Waals surface area contributed by atoms with Crippen LogP contribution in [0.5, 0.6) is 0 Å². The van der Waals surface area contributed by atoms with Gasteiger partial charge in [-0.25, -0.2) is 0 Å². The van der Waals surface area contributed by atoms with E-state index in [2.05, 4.69) is 78.8 Å². The van der Waals surface area contributed by atoms with E-state index in [0.29, 0.717) is 25.4 Å². The Bertz CT molecular complexity index is 1650. The monoisotopic (exact) mass is 921 g/mol. The Morgan fingerprint density at radius 2 is 0.919 bits per heavy atom. The van der Waals surface area contributed by atoms with Crippen molar-refractivity contribution in [3.63, 3.8) is 0 Å². The zero-order valence-electron chi connectivity index (χ0n) is 36.6. The van der Waals surface area contributed by atoms with Crippen LogP contribution in [-0.2, 0) is 38.8 Å². The van der Waals surface area contributed by atoms with E-state index in [9.17, 15) is 19.2 Å². The maximum atomic E-state index is 12.2. The van der Waals surface area contributed by atoms with Crippen molar-refractivity contribution in [1.82, 2.24) is 40.4 Å². The van der Waals surface area contributed by atoms with Crippen molar-refractivity contribution in [3.8, 4) is 0 Å². The van der Waals surface area contributed by atoms with Crippen LogP contribution in [0.25, 0.3) is 0 Å². The van der Waals surface area contributed by atoms with Crippen LogP contribution in [0.4, 0.5) is 0 Å². The number of amides is 3. The van der Waals surface area contributed by atoms with Crippen LogP contribution >= 0.6 is 37.2 Å². The third-order valence-corrected chi connectivity index (χ3v) is 11.8. The Morgan fingerprint density at radius 3 is 1.26 bits per heavy atom. The Labute approximate surface area is 387 Å². The van der Waals surface area contributed by atoms with Gasteiger partial charge in [0.2, 0.25) is 17.7 Å². The summed E-state index contributed by atoms with van der Waals surface area (Å²) in [4.78, 5) is 56.6. The van der Waals surface area contributed by atoms with Crippen molar-refractivity contribution in [2.45, 2.75) is 69.5 Å². The second-order valence-electron chi connectivity index (χ2n) is 16.1. The molecular weight excluding hydrogens is 853 g/mol. The Morgan fingerprint density at radius 1 is 0.581 bits per heavy atom. The number of benzene rings is 3. The van der Waals surface area contributed by atoms with E-state index < -0.39 is 0 Å². The van der Waals surface area contributed by atoms with Gasteiger partial charge in [-0.1, -0.05) is 91.0 Å². The predicted octanol–water partition coefficient (Wildman–Crippen LogP) is 3.06. The van der Waals surface area contributed by atoms with Gasteiger partial charge in [-0.2, -0.15) is 0 Å². The molecule has 0 aromatic heterocycles. The van der Waals surface area contributed by atoms with E-state index in [1.54, 1.807) is 0 Å². The van der Waals surface area contributed by atoms with Crippen LogP contribution < -0.4 is 21.7 Å². The number of ketones is 1. The maximum absolute atomic E-state index is 12.2. The Kier molecular flexibility index (Phi) is 25.6.